The van der Waals surface area contributed by atoms with Crippen LogP contribution in [0.3, 0.4) is 0 Å². The van der Waals surface area contributed by atoms with Crippen molar-refractivity contribution in [3.63, 3.8) is 0 Å². The van der Waals surface area contributed by atoms with Gasteiger partial charge >= 0.3 is 6.09 Å². The van der Waals surface area contributed by atoms with E-state index >= 15 is 0 Å². The van der Waals surface area contributed by atoms with E-state index in [0.29, 0.717) is 15.6 Å². The third-order valence-electron chi connectivity index (χ3n) is 6.29. The van der Waals surface area contributed by atoms with Crippen LogP contribution in [-0.2, 0) is 9.53 Å². The third kappa shape index (κ3) is 7.24. The monoisotopic (exact) mass is 673 g/mol. The minimum Gasteiger partial charge on any atom is -0.443 e. The highest BCUT2D eigenvalue weighted by atomic mass is 35.5. The molecular formula is C29H25Cl5FN3O4. The number of anilines is 3. The first kappa shape index (κ1) is 32.2. The van der Waals surface area contributed by atoms with E-state index in [1.807, 2.05) is 0 Å². The van der Waals surface area contributed by atoms with Gasteiger partial charge < -0.3 is 15.4 Å². The SMILES string of the molecule is CN(C(=O)OC(C)(C)C)c1cc(NC(=O)c2cc(NC(=O)C3C(c4cc(Cl)cc(Cl)c4)C3(Cl)Cl)ccc2Cl)ccc1F. The number of nitrogens with zero attached hydrogens (tertiary/aromatic N) is 1. The van der Waals surface area contributed by atoms with Crippen molar-refractivity contribution in [1.82, 2.24) is 0 Å². The normalized spacial score (nSPS) is 17.3. The molecule has 0 spiro atoms. The molecule has 1 fully saturated rings. The van der Waals surface area contributed by atoms with Gasteiger partial charge in [-0.15, -0.1) is 23.2 Å². The Kier molecular flexibility index (Phi) is 9.26. The number of benzene rings is 3. The maximum atomic E-state index is 14.6. The van der Waals surface area contributed by atoms with Gasteiger partial charge in [-0.2, -0.15) is 0 Å². The Morgan fingerprint density at radius 3 is 2.12 bits per heavy atom. The lowest BCUT2D eigenvalue weighted by Gasteiger charge is -2.25. The molecule has 7 nitrogen and oxygen atoms in total. The van der Waals surface area contributed by atoms with E-state index in [1.165, 1.54) is 37.4 Å². The molecule has 4 rings (SSSR count). The second kappa shape index (κ2) is 12.1. The molecule has 0 aromatic heterocycles. The second-order valence-electron chi connectivity index (χ2n) is 10.7. The molecule has 0 radical (unpaired) electrons. The zero-order valence-electron chi connectivity index (χ0n) is 22.7. The summed E-state index contributed by atoms with van der Waals surface area (Å²) in [5, 5.41) is 6.20. The molecule has 42 heavy (non-hydrogen) atoms. The van der Waals surface area contributed by atoms with Crippen molar-refractivity contribution in [3.05, 3.63) is 86.6 Å². The largest absolute Gasteiger partial charge is 0.443 e. The number of amides is 3. The van der Waals surface area contributed by atoms with Gasteiger partial charge in [0.25, 0.3) is 5.91 Å². The number of hydrogen-bond acceptors (Lipinski definition) is 4. The molecule has 1 saturated carbocycles. The van der Waals surface area contributed by atoms with E-state index in [1.54, 1.807) is 39.0 Å². The molecule has 1 aliphatic rings. The van der Waals surface area contributed by atoms with Crippen LogP contribution in [0, 0.1) is 11.7 Å². The standard InChI is InChI=1S/C29H25Cl5FN3O4/c1-28(2,3)42-27(41)38(4)22-13-18(6-8-21(22)35)36-25(39)19-12-17(5-7-20(19)32)37-26(40)24-23(29(24,33)34)14-9-15(30)11-16(31)10-14/h5-13,23-24H,1-4H3,(H,36,39)(H,37,40). The van der Waals surface area contributed by atoms with E-state index in [9.17, 15) is 18.8 Å². The predicted molar refractivity (Wildman–Crippen MR) is 166 cm³/mol. The van der Waals surface area contributed by atoms with Crippen molar-refractivity contribution in [3.8, 4) is 0 Å². The summed E-state index contributed by atoms with van der Waals surface area (Å²) >= 11 is 31.4. The Morgan fingerprint density at radius 2 is 1.50 bits per heavy atom. The summed E-state index contributed by atoms with van der Waals surface area (Å²) in [4.78, 5) is 39.7. The van der Waals surface area contributed by atoms with Crippen molar-refractivity contribution >= 4 is 93.0 Å². The molecule has 0 saturated heterocycles. The van der Waals surface area contributed by atoms with Gasteiger partial charge in [-0.1, -0.05) is 34.8 Å². The first-order valence-electron chi connectivity index (χ1n) is 12.5. The quantitative estimate of drug-likeness (QED) is 0.256. The molecule has 2 atom stereocenters. The van der Waals surface area contributed by atoms with Crippen LogP contribution in [0.2, 0.25) is 15.1 Å². The summed E-state index contributed by atoms with van der Waals surface area (Å²) in [6, 6.07) is 12.9. The van der Waals surface area contributed by atoms with Crippen LogP contribution < -0.4 is 15.5 Å². The number of halogens is 6. The van der Waals surface area contributed by atoms with Crippen LogP contribution in [0.15, 0.2) is 54.6 Å². The van der Waals surface area contributed by atoms with Gasteiger partial charge in [-0.05, 0) is 80.9 Å². The summed E-state index contributed by atoms with van der Waals surface area (Å²) in [5.74, 6) is -3.20. The van der Waals surface area contributed by atoms with Crippen LogP contribution in [0.1, 0.15) is 42.6 Å². The van der Waals surface area contributed by atoms with Gasteiger partial charge in [0.1, 0.15) is 15.8 Å². The zero-order valence-corrected chi connectivity index (χ0v) is 26.5. The predicted octanol–water partition coefficient (Wildman–Crippen LogP) is 8.94. The molecule has 13 heteroatoms. The fraction of sp³-hybridized carbons (Fsp3) is 0.276. The summed E-state index contributed by atoms with van der Waals surface area (Å²) in [6.45, 7) is 5.06. The van der Waals surface area contributed by atoms with Crippen molar-refractivity contribution in [2.24, 2.45) is 5.92 Å². The van der Waals surface area contributed by atoms with Gasteiger partial charge in [-0.3, -0.25) is 14.5 Å². The minimum absolute atomic E-state index is 0.0258. The maximum Gasteiger partial charge on any atom is 0.414 e. The van der Waals surface area contributed by atoms with Crippen molar-refractivity contribution in [2.75, 3.05) is 22.6 Å². The summed E-state index contributed by atoms with van der Waals surface area (Å²) in [6.07, 6.45) is -0.773. The fourth-order valence-corrected chi connectivity index (χ4v) is 5.87. The number of carbonyl (C=O) groups excluding carboxylic acids is 3. The lowest BCUT2D eigenvalue weighted by atomic mass is 10.1. The van der Waals surface area contributed by atoms with Gasteiger partial charge in [0.2, 0.25) is 5.91 Å². The van der Waals surface area contributed by atoms with Crippen LogP contribution in [0.5, 0.6) is 0 Å². The Hall–Kier alpha value is -2.75. The number of hydrogen-bond donors (Lipinski definition) is 2. The van der Waals surface area contributed by atoms with Crippen molar-refractivity contribution in [1.29, 1.82) is 0 Å². The Balaban J connectivity index is 1.49. The van der Waals surface area contributed by atoms with E-state index in [4.69, 9.17) is 62.7 Å². The van der Waals surface area contributed by atoms with Gasteiger partial charge in [-0.25, -0.2) is 9.18 Å². The molecule has 3 aromatic rings. The average Bonchev–Trinajstić information content (AvgIpc) is 3.46. The molecule has 0 heterocycles. The molecule has 3 amide bonds. The highest BCUT2D eigenvalue weighted by Gasteiger charge is 2.67. The molecule has 0 bridgehead atoms. The second-order valence-corrected chi connectivity index (χ2v) is 13.4. The summed E-state index contributed by atoms with van der Waals surface area (Å²) in [7, 11) is 1.35. The third-order valence-corrected chi connectivity index (χ3v) is 8.00. The Labute approximate surface area is 267 Å². The average molecular weight is 676 g/mol. The first-order valence-corrected chi connectivity index (χ1v) is 14.4. The van der Waals surface area contributed by atoms with Gasteiger partial charge in [0, 0.05) is 34.4 Å². The van der Waals surface area contributed by atoms with Crippen LogP contribution in [0.4, 0.5) is 26.2 Å². The van der Waals surface area contributed by atoms with E-state index in [2.05, 4.69) is 10.6 Å². The van der Waals surface area contributed by atoms with Crippen LogP contribution in [-0.4, -0.2) is 34.9 Å². The number of alkyl halides is 2. The smallest absolute Gasteiger partial charge is 0.414 e. The van der Waals surface area contributed by atoms with Crippen LogP contribution in [0.25, 0.3) is 0 Å². The molecule has 1 aliphatic carbocycles. The zero-order chi connectivity index (χ0) is 31.1. The van der Waals surface area contributed by atoms with Gasteiger partial charge in [0.05, 0.1) is 22.2 Å². The summed E-state index contributed by atoms with van der Waals surface area (Å²) in [5.41, 5.74) is 0.191. The Bertz CT molecular complexity index is 1560. The number of nitrogens with one attached hydrogen (secondary N) is 2. The molecule has 0 aliphatic heterocycles. The maximum absolute atomic E-state index is 14.6. The molecule has 3 aromatic carbocycles. The molecule has 222 valence electrons. The van der Waals surface area contributed by atoms with E-state index in [-0.39, 0.29) is 27.6 Å². The molecule has 2 unspecified atom stereocenters. The lowest BCUT2D eigenvalue weighted by molar-refractivity contribution is -0.117. The molecular weight excluding hydrogens is 651 g/mol. The topological polar surface area (TPSA) is 87.7 Å². The van der Waals surface area contributed by atoms with Crippen molar-refractivity contribution < 1.29 is 23.5 Å². The van der Waals surface area contributed by atoms with Crippen LogP contribution >= 0.6 is 58.0 Å². The number of carbonyl (C=O) groups is 3. The van der Waals surface area contributed by atoms with Crippen molar-refractivity contribution in [2.45, 2.75) is 36.6 Å². The molecule has 2 N–H and O–H groups in total. The lowest BCUT2D eigenvalue weighted by Crippen LogP contribution is -2.34. The number of ether oxygens (including phenoxy) is 1. The highest BCUT2D eigenvalue weighted by molar-refractivity contribution is 6.53. The first-order chi connectivity index (χ1) is 19.5. The summed E-state index contributed by atoms with van der Waals surface area (Å²) < 4.78 is 18.5. The highest BCUT2D eigenvalue weighted by Crippen LogP contribution is 2.65. The van der Waals surface area contributed by atoms with Gasteiger partial charge in [0.15, 0.2) is 0 Å². The fourth-order valence-electron chi connectivity index (χ4n) is 4.29. The van der Waals surface area contributed by atoms with E-state index in [0.717, 1.165) is 11.0 Å². The number of rotatable bonds is 6. The van der Waals surface area contributed by atoms with E-state index < -0.39 is 45.5 Å². The minimum atomic E-state index is -1.39. The Morgan fingerprint density at radius 1 is 0.905 bits per heavy atom.